The molecule has 1 N–H and O–H groups in total. The summed E-state index contributed by atoms with van der Waals surface area (Å²) in [6.45, 7) is 6.59. The molecule has 1 aromatic carbocycles. The van der Waals surface area contributed by atoms with Crippen molar-refractivity contribution in [3.63, 3.8) is 0 Å². The molecule has 3 heteroatoms. The van der Waals surface area contributed by atoms with Crippen LogP contribution in [-0.2, 0) is 11.2 Å². The third kappa shape index (κ3) is 4.03. The summed E-state index contributed by atoms with van der Waals surface area (Å²) in [5, 5.41) is 8.99. The average Bonchev–Trinajstić information content (AvgIpc) is 2.14. The third-order valence-electron chi connectivity index (χ3n) is 2.04. The molecule has 0 fully saturated rings. The summed E-state index contributed by atoms with van der Waals surface area (Å²) in [6.07, 6.45) is 0.885. The van der Waals surface area contributed by atoms with Gasteiger partial charge in [-0.15, -0.1) is 0 Å². The highest BCUT2D eigenvalue weighted by Gasteiger charge is 2.05. The molecule has 0 bridgehead atoms. The molecule has 87 valence electrons. The van der Waals surface area contributed by atoms with Crippen LogP contribution in [0.3, 0.4) is 0 Å². The predicted molar refractivity (Wildman–Crippen MR) is 61.6 cm³/mol. The fourth-order valence-electron chi connectivity index (χ4n) is 1.57. The molecule has 0 spiro atoms. The van der Waals surface area contributed by atoms with Gasteiger partial charge in [0.15, 0.2) is 0 Å². The standard InChI is InChI=1S/C13H17O3/c1-9(2)4-11-5-12(8-14)7-13(6-11)16-10(3)15/h5-9,14H,4H2,1-3H3. The molecule has 0 aliphatic rings. The van der Waals surface area contributed by atoms with Crippen LogP contribution in [0.4, 0.5) is 0 Å². The number of hydrogen-bond acceptors (Lipinski definition) is 3. The maximum absolute atomic E-state index is 10.9. The molecular formula is C13H17O3. The lowest BCUT2D eigenvalue weighted by molar-refractivity contribution is -0.131. The van der Waals surface area contributed by atoms with E-state index in [0.29, 0.717) is 17.2 Å². The second kappa shape index (κ2) is 5.66. The molecule has 0 aliphatic carbocycles. The van der Waals surface area contributed by atoms with E-state index in [2.05, 4.69) is 13.8 Å². The molecule has 0 amide bonds. The van der Waals surface area contributed by atoms with E-state index < -0.39 is 0 Å². The van der Waals surface area contributed by atoms with Crippen molar-refractivity contribution in [2.45, 2.75) is 27.2 Å². The number of rotatable bonds is 4. The van der Waals surface area contributed by atoms with Gasteiger partial charge in [0.25, 0.3) is 0 Å². The van der Waals surface area contributed by atoms with Gasteiger partial charge in [-0.3, -0.25) is 4.79 Å². The first-order valence-electron chi connectivity index (χ1n) is 5.31. The minimum atomic E-state index is -0.356. The molecular weight excluding hydrogens is 204 g/mol. The Hall–Kier alpha value is -1.35. The zero-order valence-electron chi connectivity index (χ0n) is 9.86. The molecule has 16 heavy (non-hydrogen) atoms. The summed E-state index contributed by atoms with van der Waals surface area (Å²) in [5.41, 5.74) is 1.70. The maximum Gasteiger partial charge on any atom is 0.308 e. The zero-order chi connectivity index (χ0) is 12.1. The Kier molecular flexibility index (Phi) is 4.50. The Morgan fingerprint density at radius 1 is 1.44 bits per heavy atom. The fraction of sp³-hybridized carbons (Fsp3) is 0.385. The molecule has 0 aliphatic heterocycles. The Bertz CT molecular complexity index is 369. The molecule has 1 aromatic rings. The largest absolute Gasteiger partial charge is 0.427 e. The maximum atomic E-state index is 10.9. The lowest BCUT2D eigenvalue weighted by Crippen LogP contribution is -2.03. The van der Waals surface area contributed by atoms with E-state index in [1.165, 1.54) is 6.92 Å². The SMILES string of the molecule is CC(=O)Oc1cc([CH]O)cc(CC(C)C)c1. The Balaban J connectivity index is 2.95. The fourth-order valence-corrected chi connectivity index (χ4v) is 1.57. The van der Waals surface area contributed by atoms with Crippen molar-refractivity contribution < 1.29 is 14.6 Å². The number of esters is 1. The van der Waals surface area contributed by atoms with E-state index in [1.54, 1.807) is 6.07 Å². The van der Waals surface area contributed by atoms with Crippen molar-refractivity contribution in [1.82, 2.24) is 0 Å². The van der Waals surface area contributed by atoms with E-state index in [4.69, 9.17) is 9.84 Å². The van der Waals surface area contributed by atoms with E-state index >= 15 is 0 Å². The summed E-state index contributed by atoms with van der Waals surface area (Å²) >= 11 is 0. The number of aliphatic hydroxyl groups is 1. The van der Waals surface area contributed by atoms with Gasteiger partial charge in [-0.1, -0.05) is 19.9 Å². The van der Waals surface area contributed by atoms with Gasteiger partial charge in [-0.2, -0.15) is 0 Å². The molecule has 0 saturated carbocycles. The van der Waals surface area contributed by atoms with Crippen LogP contribution in [0.1, 0.15) is 31.9 Å². The topological polar surface area (TPSA) is 46.5 Å². The van der Waals surface area contributed by atoms with Crippen LogP contribution < -0.4 is 4.74 Å². The van der Waals surface area contributed by atoms with Crippen LogP contribution in [0.5, 0.6) is 5.75 Å². The van der Waals surface area contributed by atoms with Gasteiger partial charge in [-0.25, -0.2) is 0 Å². The van der Waals surface area contributed by atoms with Crippen LogP contribution in [0, 0.1) is 12.5 Å². The van der Waals surface area contributed by atoms with Gasteiger partial charge in [0.05, 0.1) is 0 Å². The molecule has 0 unspecified atom stereocenters. The molecule has 0 aromatic heterocycles. The van der Waals surface area contributed by atoms with Gasteiger partial charge in [0.1, 0.15) is 12.4 Å². The third-order valence-corrected chi connectivity index (χ3v) is 2.04. The van der Waals surface area contributed by atoms with Crippen molar-refractivity contribution in [3.05, 3.63) is 35.9 Å². The first-order chi connectivity index (χ1) is 7.51. The molecule has 1 rings (SSSR count). The van der Waals surface area contributed by atoms with Crippen LogP contribution in [-0.4, -0.2) is 11.1 Å². The van der Waals surface area contributed by atoms with Crippen LogP contribution >= 0.6 is 0 Å². The second-order valence-electron chi connectivity index (χ2n) is 4.23. The number of carbonyl (C=O) groups excluding carboxylic acids is 1. The van der Waals surface area contributed by atoms with Gasteiger partial charge < -0.3 is 9.84 Å². The number of ether oxygens (including phenoxy) is 1. The lowest BCUT2D eigenvalue weighted by atomic mass is 10.0. The highest BCUT2D eigenvalue weighted by molar-refractivity contribution is 5.69. The summed E-state index contributed by atoms with van der Waals surface area (Å²) < 4.78 is 5.01. The Labute approximate surface area is 96.1 Å². The lowest BCUT2D eigenvalue weighted by Gasteiger charge is -2.09. The number of benzene rings is 1. The van der Waals surface area contributed by atoms with Crippen molar-refractivity contribution in [3.8, 4) is 5.75 Å². The molecule has 3 nitrogen and oxygen atoms in total. The van der Waals surface area contributed by atoms with Crippen molar-refractivity contribution in [2.75, 3.05) is 0 Å². The van der Waals surface area contributed by atoms with Crippen molar-refractivity contribution >= 4 is 5.97 Å². The van der Waals surface area contributed by atoms with Crippen molar-refractivity contribution in [1.29, 1.82) is 0 Å². The van der Waals surface area contributed by atoms with Crippen LogP contribution in [0.15, 0.2) is 18.2 Å². The normalized spacial score (nSPS) is 10.6. The molecule has 0 heterocycles. The quantitative estimate of drug-likeness (QED) is 0.628. The van der Waals surface area contributed by atoms with E-state index in [0.717, 1.165) is 18.6 Å². The monoisotopic (exact) mass is 221 g/mol. The molecule has 0 saturated heterocycles. The number of carbonyl (C=O) groups is 1. The minimum Gasteiger partial charge on any atom is -0.427 e. The summed E-state index contributed by atoms with van der Waals surface area (Å²) in [7, 11) is 0. The summed E-state index contributed by atoms with van der Waals surface area (Å²) in [6, 6.07) is 5.34. The van der Waals surface area contributed by atoms with Crippen LogP contribution in [0.25, 0.3) is 0 Å². The van der Waals surface area contributed by atoms with Crippen molar-refractivity contribution in [2.24, 2.45) is 5.92 Å². The van der Waals surface area contributed by atoms with E-state index in [9.17, 15) is 4.79 Å². The van der Waals surface area contributed by atoms with E-state index in [1.807, 2.05) is 12.1 Å². The average molecular weight is 221 g/mol. The Morgan fingerprint density at radius 3 is 2.62 bits per heavy atom. The van der Waals surface area contributed by atoms with Gasteiger partial charge in [0, 0.05) is 6.92 Å². The minimum absolute atomic E-state index is 0.356. The van der Waals surface area contributed by atoms with E-state index in [-0.39, 0.29) is 5.97 Å². The first-order valence-corrected chi connectivity index (χ1v) is 5.31. The summed E-state index contributed by atoms with van der Waals surface area (Å²) in [4.78, 5) is 10.9. The van der Waals surface area contributed by atoms with Gasteiger partial charge in [-0.05, 0) is 35.6 Å². The highest BCUT2D eigenvalue weighted by Crippen LogP contribution is 2.20. The summed E-state index contributed by atoms with van der Waals surface area (Å²) in [5.74, 6) is 0.635. The van der Waals surface area contributed by atoms with Crippen LogP contribution in [0.2, 0.25) is 0 Å². The second-order valence-corrected chi connectivity index (χ2v) is 4.23. The van der Waals surface area contributed by atoms with Gasteiger partial charge >= 0.3 is 5.97 Å². The smallest absolute Gasteiger partial charge is 0.308 e. The number of hydrogen-bond donors (Lipinski definition) is 1. The molecule has 0 atom stereocenters. The molecule has 1 radical (unpaired) electrons. The zero-order valence-corrected chi connectivity index (χ0v) is 9.86. The Morgan fingerprint density at radius 2 is 2.12 bits per heavy atom. The number of aliphatic hydroxyl groups excluding tert-OH is 1. The van der Waals surface area contributed by atoms with Gasteiger partial charge in [0.2, 0.25) is 0 Å². The highest BCUT2D eigenvalue weighted by atomic mass is 16.5. The first kappa shape index (κ1) is 12.7. The predicted octanol–water partition coefficient (Wildman–Crippen LogP) is 2.69.